The predicted octanol–water partition coefficient (Wildman–Crippen LogP) is 4.98. The van der Waals surface area contributed by atoms with Gasteiger partial charge in [0.05, 0.1) is 8.30 Å². The van der Waals surface area contributed by atoms with Crippen molar-refractivity contribution in [2.75, 3.05) is 0 Å². The Morgan fingerprint density at radius 3 is 2.50 bits per heavy atom. The molecule has 0 aliphatic heterocycles. The Labute approximate surface area is 142 Å². The van der Waals surface area contributed by atoms with Gasteiger partial charge in [0.15, 0.2) is 0 Å². The number of hydrogen-bond donors (Lipinski definition) is 0. The van der Waals surface area contributed by atoms with Crippen LogP contribution >= 0.6 is 15.9 Å². The number of esters is 1. The van der Waals surface area contributed by atoms with E-state index in [4.69, 9.17) is 12.2 Å². The van der Waals surface area contributed by atoms with E-state index in [9.17, 15) is 4.79 Å². The Bertz CT molecular complexity index is 725. The summed E-state index contributed by atoms with van der Waals surface area (Å²) in [6, 6.07) is 13.3. The SMILES string of the molecule is [2H]C([2H])(Oc1ccccc1)c1ccc(Br)c(C(=O)OC(C)(C)C)c1. The molecule has 2 aromatic carbocycles. The minimum atomic E-state index is -2.08. The van der Waals surface area contributed by atoms with E-state index in [-0.39, 0.29) is 11.1 Å². The zero-order valence-corrected chi connectivity index (χ0v) is 14.3. The summed E-state index contributed by atoms with van der Waals surface area (Å²) in [6.07, 6.45) is 0. The maximum Gasteiger partial charge on any atom is 0.339 e. The molecule has 0 spiro atoms. The van der Waals surface area contributed by atoms with E-state index >= 15 is 0 Å². The second-order valence-corrected chi connectivity index (χ2v) is 6.57. The number of halogens is 1. The second-order valence-electron chi connectivity index (χ2n) is 5.71. The van der Waals surface area contributed by atoms with E-state index < -0.39 is 18.1 Å². The van der Waals surface area contributed by atoms with E-state index in [2.05, 4.69) is 15.9 Å². The third-order valence-corrected chi connectivity index (χ3v) is 3.31. The van der Waals surface area contributed by atoms with Crippen molar-refractivity contribution in [3.8, 4) is 5.75 Å². The Morgan fingerprint density at radius 2 is 1.86 bits per heavy atom. The van der Waals surface area contributed by atoms with Gasteiger partial charge < -0.3 is 9.47 Å². The van der Waals surface area contributed by atoms with Gasteiger partial charge in [-0.1, -0.05) is 24.3 Å². The van der Waals surface area contributed by atoms with Crippen LogP contribution in [0.25, 0.3) is 0 Å². The first-order valence-electron chi connectivity index (χ1n) is 7.86. The summed E-state index contributed by atoms with van der Waals surface area (Å²) in [5, 5.41) is 0. The number of carbonyl (C=O) groups excluding carboxylic acids is 1. The zero-order valence-electron chi connectivity index (χ0n) is 14.7. The number of carbonyl (C=O) groups is 1. The van der Waals surface area contributed by atoms with E-state index in [1.54, 1.807) is 57.2 Å². The highest BCUT2D eigenvalue weighted by molar-refractivity contribution is 9.10. The molecule has 0 aromatic heterocycles. The maximum atomic E-state index is 12.3. The molecular formula is C18H19BrO3. The fourth-order valence-electron chi connectivity index (χ4n) is 1.68. The molecule has 0 heterocycles. The van der Waals surface area contributed by atoms with Crippen LogP contribution in [0, 0.1) is 0 Å². The van der Waals surface area contributed by atoms with Crippen molar-refractivity contribution in [3.63, 3.8) is 0 Å². The monoisotopic (exact) mass is 364 g/mol. The molecule has 116 valence electrons. The highest BCUT2D eigenvalue weighted by atomic mass is 79.9. The first-order valence-corrected chi connectivity index (χ1v) is 7.65. The van der Waals surface area contributed by atoms with Crippen molar-refractivity contribution in [2.45, 2.75) is 32.9 Å². The fourth-order valence-corrected chi connectivity index (χ4v) is 2.09. The molecule has 4 heteroatoms. The lowest BCUT2D eigenvalue weighted by atomic mass is 10.1. The summed E-state index contributed by atoms with van der Waals surface area (Å²) in [7, 11) is 0. The molecule has 0 atom stereocenters. The topological polar surface area (TPSA) is 35.5 Å². The average molecular weight is 365 g/mol. The third kappa shape index (κ3) is 4.88. The molecule has 2 aromatic rings. The Morgan fingerprint density at radius 1 is 1.18 bits per heavy atom. The Hall–Kier alpha value is -1.81. The van der Waals surface area contributed by atoms with E-state index in [1.165, 1.54) is 6.07 Å². The third-order valence-electron chi connectivity index (χ3n) is 2.62. The van der Waals surface area contributed by atoms with Crippen molar-refractivity contribution in [1.29, 1.82) is 0 Å². The van der Waals surface area contributed by atoms with Crippen molar-refractivity contribution in [2.24, 2.45) is 0 Å². The van der Waals surface area contributed by atoms with Crippen LogP contribution in [0.3, 0.4) is 0 Å². The number of ether oxygens (including phenoxy) is 2. The summed E-state index contributed by atoms with van der Waals surface area (Å²) < 4.78 is 27.7. The highest BCUT2D eigenvalue weighted by Gasteiger charge is 2.20. The van der Waals surface area contributed by atoms with Crippen molar-refractivity contribution < 1.29 is 17.0 Å². The largest absolute Gasteiger partial charge is 0.489 e. The minimum Gasteiger partial charge on any atom is -0.489 e. The zero-order chi connectivity index (χ0) is 18.0. The van der Waals surface area contributed by atoms with Crippen LogP contribution in [0.15, 0.2) is 53.0 Å². The maximum absolute atomic E-state index is 12.3. The molecule has 0 bridgehead atoms. The first kappa shape index (κ1) is 13.8. The molecule has 0 unspecified atom stereocenters. The Balaban J connectivity index is 2.31. The molecular weight excluding hydrogens is 344 g/mol. The van der Waals surface area contributed by atoms with Gasteiger partial charge in [0, 0.05) is 4.47 Å². The highest BCUT2D eigenvalue weighted by Crippen LogP contribution is 2.22. The van der Waals surface area contributed by atoms with Gasteiger partial charge >= 0.3 is 5.97 Å². The van der Waals surface area contributed by atoms with Crippen molar-refractivity contribution in [3.05, 3.63) is 64.1 Å². The molecule has 0 radical (unpaired) electrons. The number of para-hydroxylation sites is 1. The minimum absolute atomic E-state index is 0.232. The molecule has 0 aliphatic carbocycles. The van der Waals surface area contributed by atoms with Crippen LogP contribution in [0.2, 0.25) is 0 Å². The van der Waals surface area contributed by atoms with Crippen LogP contribution in [-0.4, -0.2) is 11.6 Å². The standard InChI is InChI=1S/C18H19BrO3/c1-18(2,3)22-17(20)15-11-13(9-10-16(15)19)12-21-14-7-5-4-6-8-14/h4-11H,12H2,1-3H3/i12D2. The van der Waals surface area contributed by atoms with Gasteiger partial charge in [0.1, 0.15) is 17.9 Å². The first-order chi connectivity index (χ1) is 11.1. The summed E-state index contributed by atoms with van der Waals surface area (Å²) in [5.41, 5.74) is -0.148. The molecule has 0 fully saturated rings. The smallest absolute Gasteiger partial charge is 0.339 e. The average Bonchev–Trinajstić information content (AvgIpc) is 2.46. The molecule has 3 nitrogen and oxygen atoms in total. The quantitative estimate of drug-likeness (QED) is 0.717. The van der Waals surface area contributed by atoms with Crippen LogP contribution in [-0.2, 0) is 11.3 Å². The number of hydrogen-bond acceptors (Lipinski definition) is 3. The van der Waals surface area contributed by atoms with Gasteiger partial charge in [-0.05, 0) is 66.5 Å². The van der Waals surface area contributed by atoms with Crippen LogP contribution < -0.4 is 4.74 Å². The van der Waals surface area contributed by atoms with E-state index in [0.29, 0.717) is 10.2 Å². The normalized spacial score (nSPS) is 13.1. The molecule has 0 aliphatic rings. The van der Waals surface area contributed by atoms with E-state index in [1.807, 2.05) is 6.07 Å². The summed E-state index contributed by atoms with van der Waals surface area (Å²) in [5.74, 6) is -0.115. The van der Waals surface area contributed by atoms with Crippen LogP contribution in [0.4, 0.5) is 0 Å². The lowest BCUT2D eigenvalue weighted by Gasteiger charge is -2.20. The van der Waals surface area contributed by atoms with E-state index in [0.717, 1.165) is 0 Å². The molecule has 2 rings (SSSR count). The number of rotatable bonds is 4. The lowest BCUT2D eigenvalue weighted by molar-refractivity contribution is 0.00683. The second kappa shape index (κ2) is 6.97. The molecule has 0 saturated carbocycles. The summed E-state index contributed by atoms with van der Waals surface area (Å²) in [6.45, 7) is 3.25. The van der Waals surface area contributed by atoms with Gasteiger partial charge in [-0.25, -0.2) is 4.79 Å². The van der Waals surface area contributed by atoms with Gasteiger partial charge in [-0.2, -0.15) is 0 Å². The fraction of sp³-hybridized carbons (Fsp3) is 0.278. The van der Waals surface area contributed by atoms with Crippen molar-refractivity contribution >= 4 is 21.9 Å². The molecule has 0 N–H and O–H groups in total. The van der Waals surface area contributed by atoms with Crippen LogP contribution in [0.1, 0.15) is 39.4 Å². The van der Waals surface area contributed by atoms with Gasteiger partial charge in [-0.15, -0.1) is 0 Å². The summed E-state index contributed by atoms with van der Waals surface area (Å²) >= 11 is 3.31. The van der Waals surface area contributed by atoms with Gasteiger partial charge in [0.2, 0.25) is 0 Å². The summed E-state index contributed by atoms with van der Waals surface area (Å²) in [4.78, 5) is 12.3. The Kier molecular flexibility index (Phi) is 4.38. The molecule has 0 amide bonds. The molecule has 0 saturated heterocycles. The van der Waals surface area contributed by atoms with Gasteiger partial charge in [0.25, 0.3) is 0 Å². The van der Waals surface area contributed by atoms with Crippen molar-refractivity contribution in [1.82, 2.24) is 0 Å². The lowest BCUT2D eigenvalue weighted by Crippen LogP contribution is -2.24. The van der Waals surface area contributed by atoms with Crippen LogP contribution in [0.5, 0.6) is 5.75 Å². The predicted molar refractivity (Wildman–Crippen MR) is 90.1 cm³/mol. The van der Waals surface area contributed by atoms with Gasteiger partial charge in [-0.3, -0.25) is 0 Å². The molecule has 22 heavy (non-hydrogen) atoms. The number of benzene rings is 2.